The molecule has 0 radical (unpaired) electrons. The van der Waals surface area contributed by atoms with E-state index in [-0.39, 0.29) is 11.5 Å². The number of aliphatic imine (C=N–C) groups is 1. The molecular weight excluding hydrogens is 224 g/mol. The van der Waals surface area contributed by atoms with E-state index >= 15 is 0 Å². The summed E-state index contributed by atoms with van der Waals surface area (Å²) in [5.74, 6) is -0.128. The van der Waals surface area contributed by atoms with Crippen LogP contribution in [0.15, 0.2) is 47.1 Å². The molecule has 0 spiro atoms. The van der Waals surface area contributed by atoms with E-state index in [4.69, 9.17) is 5.26 Å². The Balaban J connectivity index is 2.57. The summed E-state index contributed by atoms with van der Waals surface area (Å²) in [7, 11) is 0. The molecule has 1 aliphatic rings. The van der Waals surface area contributed by atoms with Gasteiger partial charge in [-0.05, 0) is 30.6 Å². The lowest BCUT2D eigenvalue weighted by Crippen LogP contribution is -2.01. The third-order valence-electron chi connectivity index (χ3n) is 2.88. The summed E-state index contributed by atoms with van der Waals surface area (Å²) in [5, 5.41) is 8.97. The minimum absolute atomic E-state index is 0.128. The van der Waals surface area contributed by atoms with E-state index in [1.807, 2.05) is 31.2 Å². The molecule has 0 unspecified atom stereocenters. The zero-order valence-corrected chi connectivity index (χ0v) is 10.3. The summed E-state index contributed by atoms with van der Waals surface area (Å²) >= 11 is 0. The van der Waals surface area contributed by atoms with Crippen molar-refractivity contribution in [2.24, 2.45) is 4.99 Å². The minimum Gasteiger partial charge on any atom is -0.287 e. The Labute approximate surface area is 106 Å². The molecule has 0 saturated heterocycles. The lowest BCUT2D eigenvalue weighted by Gasteiger charge is -1.98. The van der Waals surface area contributed by atoms with Crippen molar-refractivity contribution >= 4 is 17.1 Å². The fourth-order valence-corrected chi connectivity index (χ4v) is 1.90. The van der Waals surface area contributed by atoms with Gasteiger partial charge >= 0.3 is 0 Å². The first kappa shape index (κ1) is 12.0. The number of Topliss-reactive ketones (excluding diaryl/α,β-unsaturated/α-hetero) is 1. The number of nitrogens with zero attached hydrogens (tertiary/aromatic N) is 2. The van der Waals surface area contributed by atoms with Crippen LogP contribution in [-0.4, -0.2) is 11.5 Å². The van der Waals surface area contributed by atoms with E-state index in [0.29, 0.717) is 16.8 Å². The quantitative estimate of drug-likeness (QED) is 0.740. The third-order valence-corrected chi connectivity index (χ3v) is 2.88. The van der Waals surface area contributed by atoms with Crippen molar-refractivity contribution in [1.82, 2.24) is 0 Å². The number of nitriles is 1. The highest BCUT2D eigenvalue weighted by molar-refractivity contribution is 6.23. The third kappa shape index (κ3) is 1.78. The molecule has 0 amide bonds. The molecule has 0 N–H and O–H groups in total. The van der Waals surface area contributed by atoms with Crippen LogP contribution >= 0.6 is 0 Å². The van der Waals surface area contributed by atoms with Crippen molar-refractivity contribution in [3.8, 4) is 6.07 Å². The number of allylic oxidation sites excluding steroid dienone is 3. The van der Waals surface area contributed by atoms with Gasteiger partial charge in [0.25, 0.3) is 0 Å². The van der Waals surface area contributed by atoms with Crippen LogP contribution in [0, 0.1) is 11.3 Å². The summed E-state index contributed by atoms with van der Waals surface area (Å²) in [6.45, 7) is 7.22. The van der Waals surface area contributed by atoms with E-state index < -0.39 is 0 Å². The van der Waals surface area contributed by atoms with Crippen LogP contribution in [0.1, 0.15) is 29.8 Å². The fourth-order valence-electron chi connectivity index (χ4n) is 1.90. The van der Waals surface area contributed by atoms with Gasteiger partial charge < -0.3 is 0 Å². The van der Waals surface area contributed by atoms with Gasteiger partial charge in [0, 0.05) is 5.56 Å². The molecule has 0 fully saturated rings. The van der Waals surface area contributed by atoms with Gasteiger partial charge in [0.15, 0.2) is 0 Å². The zero-order chi connectivity index (χ0) is 13.3. The summed E-state index contributed by atoms with van der Waals surface area (Å²) < 4.78 is 0. The number of rotatable bonds is 2. The SMILES string of the molecule is C=C(C)C(C#N)=NC1=C(C)c2ccccc2C1=O. The summed E-state index contributed by atoms with van der Waals surface area (Å²) in [4.78, 5) is 16.3. The highest BCUT2D eigenvalue weighted by atomic mass is 16.1. The summed E-state index contributed by atoms with van der Waals surface area (Å²) in [5.41, 5.74) is 3.44. The van der Waals surface area contributed by atoms with Crippen LogP contribution < -0.4 is 0 Å². The van der Waals surface area contributed by atoms with Crippen LogP contribution in [0.5, 0.6) is 0 Å². The molecule has 0 saturated carbocycles. The molecule has 0 atom stereocenters. The molecule has 0 aliphatic heterocycles. The predicted molar refractivity (Wildman–Crippen MR) is 71.2 cm³/mol. The number of hydrogen-bond donors (Lipinski definition) is 0. The first-order valence-electron chi connectivity index (χ1n) is 5.56. The van der Waals surface area contributed by atoms with Crippen LogP contribution in [0.2, 0.25) is 0 Å². The Morgan fingerprint density at radius 1 is 1.33 bits per heavy atom. The number of carbonyl (C=O) groups excluding carboxylic acids is 1. The maximum Gasteiger partial charge on any atom is 0.212 e. The smallest absolute Gasteiger partial charge is 0.212 e. The number of ketones is 1. The Kier molecular flexibility index (Phi) is 2.95. The highest BCUT2D eigenvalue weighted by Crippen LogP contribution is 2.33. The first-order chi connectivity index (χ1) is 8.56. The van der Waals surface area contributed by atoms with Crippen molar-refractivity contribution in [3.63, 3.8) is 0 Å². The van der Waals surface area contributed by atoms with Gasteiger partial charge in [0.1, 0.15) is 17.5 Å². The van der Waals surface area contributed by atoms with Gasteiger partial charge in [0.05, 0.1) is 0 Å². The predicted octanol–water partition coefficient (Wildman–Crippen LogP) is 3.15. The average molecular weight is 236 g/mol. The number of benzene rings is 1. The fraction of sp³-hybridized carbons (Fsp3) is 0.133. The van der Waals surface area contributed by atoms with E-state index in [0.717, 1.165) is 11.1 Å². The molecular formula is C15H12N2O. The Bertz CT molecular complexity index is 657. The van der Waals surface area contributed by atoms with E-state index in [1.54, 1.807) is 13.0 Å². The molecule has 2 rings (SSSR count). The van der Waals surface area contributed by atoms with Crippen molar-refractivity contribution in [2.75, 3.05) is 0 Å². The van der Waals surface area contributed by atoms with Crippen LogP contribution in [0.25, 0.3) is 5.57 Å². The summed E-state index contributed by atoms with van der Waals surface area (Å²) in [6, 6.07) is 9.32. The second-order valence-electron chi connectivity index (χ2n) is 4.20. The standard InChI is InChI=1S/C15H12N2O/c1-9(2)13(8-16)17-14-10(3)11-6-4-5-7-12(11)15(14)18/h4-7H,1H2,2-3H3. The molecule has 1 aliphatic carbocycles. The number of hydrogen-bond acceptors (Lipinski definition) is 3. The Hall–Kier alpha value is -2.47. The van der Waals surface area contributed by atoms with Gasteiger partial charge in [-0.1, -0.05) is 30.8 Å². The molecule has 0 bridgehead atoms. The van der Waals surface area contributed by atoms with Crippen molar-refractivity contribution in [1.29, 1.82) is 5.26 Å². The molecule has 88 valence electrons. The normalized spacial score (nSPS) is 14.5. The second-order valence-corrected chi connectivity index (χ2v) is 4.20. The Morgan fingerprint density at radius 2 is 1.94 bits per heavy atom. The molecule has 1 aromatic rings. The highest BCUT2D eigenvalue weighted by Gasteiger charge is 2.26. The molecule has 3 heteroatoms. The van der Waals surface area contributed by atoms with Crippen molar-refractivity contribution in [2.45, 2.75) is 13.8 Å². The van der Waals surface area contributed by atoms with Crippen LogP contribution in [0.3, 0.4) is 0 Å². The van der Waals surface area contributed by atoms with Gasteiger partial charge in [-0.15, -0.1) is 0 Å². The van der Waals surface area contributed by atoms with Gasteiger partial charge in [-0.2, -0.15) is 5.26 Å². The van der Waals surface area contributed by atoms with E-state index in [9.17, 15) is 4.79 Å². The Morgan fingerprint density at radius 3 is 2.44 bits per heavy atom. The van der Waals surface area contributed by atoms with Crippen LogP contribution in [0.4, 0.5) is 0 Å². The summed E-state index contributed by atoms with van der Waals surface area (Å²) in [6.07, 6.45) is 0. The number of fused-ring (bicyclic) bond motifs is 1. The van der Waals surface area contributed by atoms with Crippen molar-refractivity contribution < 1.29 is 4.79 Å². The van der Waals surface area contributed by atoms with E-state index in [1.165, 1.54) is 0 Å². The largest absolute Gasteiger partial charge is 0.287 e. The van der Waals surface area contributed by atoms with Crippen molar-refractivity contribution in [3.05, 3.63) is 53.2 Å². The first-order valence-corrected chi connectivity index (χ1v) is 5.56. The molecule has 0 heterocycles. The number of carbonyl (C=O) groups is 1. The van der Waals surface area contributed by atoms with Gasteiger partial charge in [-0.25, -0.2) is 4.99 Å². The molecule has 1 aromatic carbocycles. The lowest BCUT2D eigenvalue weighted by atomic mass is 10.1. The monoisotopic (exact) mass is 236 g/mol. The van der Waals surface area contributed by atoms with Gasteiger partial charge in [0.2, 0.25) is 5.78 Å². The lowest BCUT2D eigenvalue weighted by molar-refractivity contribution is 0.103. The molecule has 18 heavy (non-hydrogen) atoms. The molecule has 3 nitrogen and oxygen atoms in total. The van der Waals surface area contributed by atoms with Crippen LogP contribution in [-0.2, 0) is 0 Å². The molecule has 0 aromatic heterocycles. The average Bonchev–Trinajstić information content (AvgIpc) is 2.60. The maximum atomic E-state index is 12.2. The zero-order valence-electron chi connectivity index (χ0n) is 10.3. The van der Waals surface area contributed by atoms with E-state index in [2.05, 4.69) is 11.6 Å². The second kappa shape index (κ2) is 4.42. The maximum absolute atomic E-state index is 12.2. The van der Waals surface area contributed by atoms with Gasteiger partial charge in [-0.3, -0.25) is 4.79 Å². The minimum atomic E-state index is -0.128. The topological polar surface area (TPSA) is 53.2 Å².